The maximum Gasteiger partial charge on any atom is 0.340 e. The second-order valence-electron chi connectivity index (χ2n) is 8.13. The summed E-state index contributed by atoms with van der Waals surface area (Å²) in [5, 5.41) is 4.00. The summed E-state index contributed by atoms with van der Waals surface area (Å²) in [5.74, 6) is -0.358. The molecule has 34 heavy (non-hydrogen) atoms. The number of halogens is 1. The van der Waals surface area contributed by atoms with E-state index in [1.807, 2.05) is 18.1 Å². The Bertz CT molecular complexity index is 1150. The van der Waals surface area contributed by atoms with Crippen LogP contribution in [0.25, 0.3) is 0 Å². The van der Waals surface area contributed by atoms with Gasteiger partial charge in [-0.25, -0.2) is 9.18 Å². The highest BCUT2D eigenvalue weighted by Crippen LogP contribution is 2.24. The number of carbonyl (C=O) groups is 1. The maximum absolute atomic E-state index is 14.6. The number of ether oxygens (including phenoxy) is 1. The van der Waals surface area contributed by atoms with Crippen LogP contribution in [0.5, 0.6) is 0 Å². The Balaban J connectivity index is 1.72. The summed E-state index contributed by atoms with van der Waals surface area (Å²) >= 11 is 1.98. The lowest BCUT2D eigenvalue weighted by molar-refractivity contribution is 0.0595. The van der Waals surface area contributed by atoms with Crippen LogP contribution in [0, 0.1) is 12.7 Å². The van der Waals surface area contributed by atoms with E-state index in [0.29, 0.717) is 6.42 Å². The van der Waals surface area contributed by atoms with Crippen LogP contribution in [0.4, 0.5) is 4.39 Å². The summed E-state index contributed by atoms with van der Waals surface area (Å²) in [7, 11) is -1.13. The van der Waals surface area contributed by atoms with E-state index in [0.717, 1.165) is 16.9 Å². The Morgan fingerprint density at radius 1 is 0.824 bits per heavy atom. The number of methoxy groups -OCH3 is 1. The third kappa shape index (κ3) is 4.86. The number of rotatable bonds is 8. The summed E-state index contributed by atoms with van der Waals surface area (Å²) < 4.78 is 19.3. The first-order chi connectivity index (χ1) is 16.6. The molecular formula is C29H27FO2SSi. The van der Waals surface area contributed by atoms with Gasteiger partial charge < -0.3 is 4.74 Å². The summed E-state index contributed by atoms with van der Waals surface area (Å²) in [6.07, 6.45) is 0.704. The first-order valence-corrected chi connectivity index (χ1v) is 14.9. The van der Waals surface area contributed by atoms with E-state index in [1.165, 1.54) is 28.7 Å². The van der Waals surface area contributed by atoms with Gasteiger partial charge in [0.15, 0.2) is 0 Å². The molecule has 4 aromatic rings. The summed E-state index contributed by atoms with van der Waals surface area (Å²) in [6, 6.07) is 35.3. The smallest absolute Gasteiger partial charge is 0.340 e. The van der Waals surface area contributed by atoms with Gasteiger partial charge in [-0.1, -0.05) is 91.0 Å². The number of aryl methyl sites for hydroxylation is 2. The van der Waals surface area contributed by atoms with Crippen molar-refractivity contribution in [2.75, 3.05) is 12.9 Å². The number of hydrogen-bond donors (Lipinski definition) is 0. The minimum absolute atomic E-state index is 0.0158. The number of carbonyl (C=O) groups excluding carboxylic acids is 1. The van der Waals surface area contributed by atoms with Crippen LogP contribution < -0.4 is 15.6 Å². The van der Waals surface area contributed by atoms with Gasteiger partial charge in [0.1, 0.15) is 5.82 Å². The summed E-state index contributed by atoms with van der Waals surface area (Å²) in [4.78, 5) is 11.9. The monoisotopic (exact) mass is 486 g/mol. The fraction of sp³-hybridized carbons (Fsp3) is 0.138. The average molecular weight is 487 g/mol. The molecule has 0 unspecified atom stereocenters. The van der Waals surface area contributed by atoms with Gasteiger partial charge in [0.05, 0.1) is 12.7 Å². The standard InChI is InChI=1S/C29H27FO2SSi/c1-22-20-27(29(31)32-2)28(30)21-23(22)18-19-33-34(24-12-6-3-7-13-24,25-14-8-4-9-15-25)26-16-10-5-11-17-26/h3-17,20-21H,18-19H2,1-2H3. The van der Waals surface area contributed by atoms with Crippen LogP contribution in [0.1, 0.15) is 21.5 Å². The predicted octanol–water partition coefficient (Wildman–Crippen LogP) is 4.86. The molecule has 0 spiro atoms. The first kappa shape index (κ1) is 24.0. The molecule has 0 radical (unpaired) electrons. The van der Waals surface area contributed by atoms with E-state index in [4.69, 9.17) is 4.74 Å². The van der Waals surface area contributed by atoms with Crippen molar-refractivity contribution in [3.05, 3.63) is 126 Å². The lowest BCUT2D eigenvalue weighted by Crippen LogP contribution is -2.65. The molecule has 5 heteroatoms. The molecule has 172 valence electrons. The van der Waals surface area contributed by atoms with E-state index < -0.39 is 19.0 Å². The van der Waals surface area contributed by atoms with Gasteiger partial charge in [0.25, 0.3) is 0 Å². The molecule has 0 atom stereocenters. The van der Waals surface area contributed by atoms with Crippen LogP contribution in [-0.2, 0) is 11.2 Å². The van der Waals surface area contributed by atoms with Crippen molar-refractivity contribution in [1.29, 1.82) is 0 Å². The average Bonchev–Trinajstić information content (AvgIpc) is 2.89. The summed E-state index contributed by atoms with van der Waals surface area (Å²) in [6.45, 7) is 1.92. The Morgan fingerprint density at radius 2 is 1.29 bits per heavy atom. The van der Waals surface area contributed by atoms with Gasteiger partial charge in [0.2, 0.25) is 7.22 Å². The molecule has 0 saturated heterocycles. The zero-order chi connectivity index (χ0) is 24.0. The van der Waals surface area contributed by atoms with E-state index in [9.17, 15) is 9.18 Å². The van der Waals surface area contributed by atoms with Gasteiger partial charge in [-0.05, 0) is 57.9 Å². The third-order valence-corrected chi connectivity index (χ3v) is 14.4. The lowest BCUT2D eigenvalue weighted by Gasteiger charge is -2.33. The van der Waals surface area contributed by atoms with Crippen molar-refractivity contribution in [2.24, 2.45) is 0 Å². The number of hydrogen-bond acceptors (Lipinski definition) is 3. The molecule has 0 bridgehead atoms. The molecule has 0 heterocycles. The highest BCUT2D eigenvalue weighted by Gasteiger charge is 2.40. The fourth-order valence-corrected chi connectivity index (χ4v) is 12.4. The van der Waals surface area contributed by atoms with Gasteiger partial charge in [-0.15, -0.1) is 0 Å². The molecule has 0 aliphatic rings. The second kappa shape index (κ2) is 10.8. The molecule has 0 aliphatic heterocycles. The van der Waals surface area contributed by atoms with Crippen molar-refractivity contribution < 1.29 is 13.9 Å². The zero-order valence-electron chi connectivity index (χ0n) is 19.3. The van der Waals surface area contributed by atoms with Crippen molar-refractivity contribution >= 4 is 40.0 Å². The second-order valence-corrected chi connectivity index (χ2v) is 14.6. The Kier molecular flexibility index (Phi) is 7.65. The molecule has 0 aromatic heterocycles. The molecule has 0 saturated carbocycles. The van der Waals surface area contributed by atoms with Crippen molar-refractivity contribution in [1.82, 2.24) is 0 Å². The minimum Gasteiger partial charge on any atom is -0.465 e. The Labute approximate surface area is 205 Å². The zero-order valence-corrected chi connectivity index (χ0v) is 21.1. The van der Waals surface area contributed by atoms with Crippen LogP contribution in [0.15, 0.2) is 103 Å². The normalized spacial score (nSPS) is 11.3. The van der Waals surface area contributed by atoms with Gasteiger partial charge in [-0.2, -0.15) is 11.2 Å². The van der Waals surface area contributed by atoms with Crippen molar-refractivity contribution in [3.8, 4) is 0 Å². The molecule has 0 aliphatic carbocycles. The third-order valence-electron chi connectivity index (χ3n) is 6.06. The SMILES string of the molecule is COC(=O)c1cc(C)c(CCS[Si](c2ccccc2)(c2ccccc2)c2ccccc2)cc1F. The van der Waals surface area contributed by atoms with Gasteiger partial charge in [0, 0.05) is 0 Å². The first-order valence-electron chi connectivity index (χ1n) is 11.2. The molecule has 2 nitrogen and oxygen atoms in total. The Morgan fingerprint density at radius 3 is 1.74 bits per heavy atom. The topological polar surface area (TPSA) is 26.3 Å². The van der Waals surface area contributed by atoms with Crippen LogP contribution in [0.2, 0.25) is 0 Å². The van der Waals surface area contributed by atoms with E-state index in [-0.39, 0.29) is 5.56 Å². The molecule has 0 amide bonds. The van der Waals surface area contributed by atoms with Crippen LogP contribution in [0.3, 0.4) is 0 Å². The van der Waals surface area contributed by atoms with Crippen molar-refractivity contribution in [3.63, 3.8) is 0 Å². The van der Waals surface area contributed by atoms with Gasteiger partial charge >= 0.3 is 5.97 Å². The molecule has 4 rings (SSSR count). The lowest BCUT2D eigenvalue weighted by atomic mass is 10.0. The van der Waals surface area contributed by atoms with E-state index in [1.54, 1.807) is 6.07 Å². The van der Waals surface area contributed by atoms with Crippen LogP contribution in [-0.4, -0.2) is 26.1 Å². The fourth-order valence-electron chi connectivity index (χ4n) is 4.34. The van der Waals surface area contributed by atoms with E-state index >= 15 is 0 Å². The van der Waals surface area contributed by atoms with Crippen molar-refractivity contribution in [2.45, 2.75) is 13.3 Å². The highest BCUT2D eigenvalue weighted by atomic mass is 32.4. The molecule has 0 fully saturated rings. The van der Waals surface area contributed by atoms with Crippen LogP contribution >= 0.6 is 11.2 Å². The molecule has 0 N–H and O–H groups in total. The quantitative estimate of drug-likeness (QED) is 0.202. The largest absolute Gasteiger partial charge is 0.465 e. The summed E-state index contributed by atoms with van der Waals surface area (Å²) in [5.41, 5.74) is 1.79. The number of benzene rings is 4. The molecule has 4 aromatic carbocycles. The molecular weight excluding hydrogens is 459 g/mol. The highest BCUT2D eigenvalue weighted by molar-refractivity contribution is 8.33. The number of esters is 1. The van der Waals surface area contributed by atoms with Gasteiger partial charge in [-0.3, -0.25) is 0 Å². The Hall–Kier alpha value is -3.15. The maximum atomic E-state index is 14.6. The minimum atomic E-state index is -2.39. The predicted molar refractivity (Wildman–Crippen MR) is 143 cm³/mol. The van der Waals surface area contributed by atoms with E-state index in [2.05, 4.69) is 91.0 Å².